The van der Waals surface area contributed by atoms with E-state index < -0.39 is 36.6 Å². The van der Waals surface area contributed by atoms with E-state index in [9.17, 15) is 14.4 Å². The molecule has 0 saturated carbocycles. The second kappa shape index (κ2) is 22.2. The smallest absolute Gasteiger partial charge is 0.642 e. The molecular formula is C41H55BN4NaO10S. The van der Waals surface area contributed by atoms with E-state index in [-0.39, 0.29) is 46.3 Å². The summed E-state index contributed by atoms with van der Waals surface area (Å²) in [6, 6.07) is 20.8. The maximum atomic E-state index is 10.4. The average Bonchev–Trinajstić information content (AvgIpc) is 3.67. The number of ether oxygens (including phenoxy) is 4. The third-order valence-corrected chi connectivity index (χ3v) is 10.3. The number of fused-ring (bicyclic) bond motifs is 1. The van der Waals surface area contributed by atoms with Gasteiger partial charge in [-0.1, -0.05) is 60.7 Å². The maximum absolute atomic E-state index is 10.4. The van der Waals surface area contributed by atoms with Crippen LogP contribution in [-0.4, -0.2) is 81.4 Å². The van der Waals surface area contributed by atoms with Crippen LogP contribution >= 0.6 is 11.8 Å². The topological polar surface area (TPSA) is 173 Å². The molecule has 309 valence electrons. The summed E-state index contributed by atoms with van der Waals surface area (Å²) in [5, 5.41) is 0. The largest absolute Gasteiger partial charge is 1.00 e. The SMILES string of the molecule is CC(=O)O[B-](OC(C)=O)OC(C)=O.CS[C@@](Cc1ccccc1)(Cc1cn(COCc2ccccc2)c2c(OC(C)(C)C)ncnc12)[C@H](CN)[C@@H]1COC(C)(C)O1.[Na+]. The Balaban J connectivity index is 0.000000554. The van der Waals surface area contributed by atoms with Gasteiger partial charge in [0, 0.05) is 37.6 Å². The summed E-state index contributed by atoms with van der Waals surface area (Å²) in [4.78, 5) is 40.6. The van der Waals surface area contributed by atoms with E-state index in [2.05, 4.69) is 78.4 Å². The molecule has 14 nitrogen and oxygen atoms in total. The van der Waals surface area contributed by atoms with Crippen LogP contribution in [0.2, 0.25) is 0 Å². The van der Waals surface area contributed by atoms with Gasteiger partial charge >= 0.3 is 36.9 Å². The molecule has 1 fully saturated rings. The van der Waals surface area contributed by atoms with Gasteiger partial charge in [-0.3, -0.25) is 14.4 Å². The first-order valence-corrected chi connectivity index (χ1v) is 19.9. The van der Waals surface area contributed by atoms with Crippen molar-refractivity contribution in [1.29, 1.82) is 0 Å². The van der Waals surface area contributed by atoms with E-state index >= 15 is 0 Å². The van der Waals surface area contributed by atoms with Crippen LogP contribution in [0.5, 0.6) is 5.88 Å². The van der Waals surface area contributed by atoms with Crippen molar-refractivity contribution in [1.82, 2.24) is 14.5 Å². The van der Waals surface area contributed by atoms with Crippen molar-refractivity contribution in [3.05, 3.63) is 89.9 Å². The Kier molecular flexibility index (Phi) is 18.7. The molecule has 2 aromatic carbocycles. The van der Waals surface area contributed by atoms with Gasteiger partial charge in [0.1, 0.15) is 24.2 Å². The fourth-order valence-corrected chi connectivity index (χ4v) is 7.75. The van der Waals surface area contributed by atoms with Crippen LogP contribution in [0.4, 0.5) is 0 Å². The standard InChI is InChI=1S/C35H46N4O4S.C6H9BO6.Na/c1-33(2,3)43-32-31-30(37-23-38-32)27(20-39(31)24-40-21-26-15-11-8-12-16-26)18-35(44-6,17-25-13-9-7-10-14-25)28(19-36)29-22-41-34(4,5)42-29;1-4(8)11-7(12-5(2)9)13-6(3)10;/h7-16,20,23,28-29H,17-19,21-22,24,36H2,1-6H3;1-3H3;/q;-1;+1/t28-,29+,35+;;/m1../s1. The molecule has 1 aliphatic rings. The summed E-state index contributed by atoms with van der Waals surface area (Å²) in [6.07, 6.45) is 7.31. The van der Waals surface area contributed by atoms with Crippen molar-refractivity contribution in [3.8, 4) is 5.88 Å². The Bertz CT molecular complexity index is 1890. The summed E-state index contributed by atoms with van der Waals surface area (Å²) in [6.45, 7) is 15.1. The molecule has 5 rings (SSSR count). The van der Waals surface area contributed by atoms with Crippen molar-refractivity contribution in [2.45, 2.75) is 104 Å². The zero-order valence-electron chi connectivity index (χ0n) is 35.3. The third kappa shape index (κ3) is 14.7. The molecule has 0 unspecified atom stereocenters. The number of rotatable bonds is 16. The predicted molar refractivity (Wildman–Crippen MR) is 218 cm³/mol. The molecule has 58 heavy (non-hydrogen) atoms. The van der Waals surface area contributed by atoms with E-state index in [1.165, 1.54) is 5.56 Å². The molecule has 4 aromatic rings. The summed E-state index contributed by atoms with van der Waals surface area (Å²) >= 11 is 1.84. The normalized spacial score (nSPS) is 16.3. The van der Waals surface area contributed by atoms with Crippen molar-refractivity contribution in [2.75, 3.05) is 19.4 Å². The summed E-state index contributed by atoms with van der Waals surface area (Å²) in [5.41, 5.74) is 11.3. The zero-order chi connectivity index (χ0) is 41.8. The van der Waals surface area contributed by atoms with Crippen LogP contribution in [0.1, 0.15) is 72.1 Å². The maximum Gasteiger partial charge on any atom is 1.00 e. The Morgan fingerprint density at radius 3 is 1.98 bits per heavy atom. The van der Waals surface area contributed by atoms with Gasteiger partial charge in [-0.15, -0.1) is 0 Å². The number of nitrogens with zero attached hydrogens (tertiary/aromatic N) is 3. The van der Waals surface area contributed by atoms with Crippen LogP contribution in [0, 0.1) is 5.92 Å². The number of benzene rings is 2. The molecule has 17 heteroatoms. The summed E-state index contributed by atoms with van der Waals surface area (Å²) in [7, 11) is -1.59. The van der Waals surface area contributed by atoms with Gasteiger partial charge in [0.05, 0.1) is 24.8 Å². The molecule has 2 aromatic heterocycles. The van der Waals surface area contributed by atoms with Gasteiger partial charge in [-0.25, -0.2) is 4.98 Å². The van der Waals surface area contributed by atoms with Gasteiger partial charge in [0.25, 0.3) is 17.9 Å². The van der Waals surface area contributed by atoms with E-state index in [1.54, 1.807) is 6.33 Å². The first kappa shape index (κ1) is 48.9. The molecule has 0 bridgehead atoms. The summed E-state index contributed by atoms with van der Waals surface area (Å²) in [5.74, 6) is -2.24. The van der Waals surface area contributed by atoms with E-state index in [1.807, 2.05) is 64.6 Å². The van der Waals surface area contributed by atoms with E-state index in [0.717, 1.165) is 49.4 Å². The van der Waals surface area contributed by atoms with Gasteiger partial charge in [0.15, 0.2) is 5.79 Å². The van der Waals surface area contributed by atoms with Gasteiger partial charge in [-0.2, -0.15) is 16.7 Å². The summed E-state index contributed by atoms with van der Waals surface area (Å²) < 4.78 is 39.9. The second-order valence-electron chi connectivity index (χ2n) is 15.1. The Morgan fingerprint density at radius 1 is 0.931 bits per heavy atom. The monoisotopic (exact) mass is 829 g/mol. The molecule has 2 N–H and O–H groups in total. The molecule has 3 atom stereocenters. The molecule has 1 aliphatic heterocycles. The molecule has 1 saturated heterocycles. The Morgan fingerprint density at radius 2 is 1.50 bits per heavy atom. The molecule has 1 radical (unpaired) electrons. The van der Waals surface area contributed by atoms with Gasteiger partial charge < -0.3 is 43.2 Å². The number of aromatic nitrogens is 3. The second-order valence-corrected chi connectivity index (χ2v) is 16.3. The number of carbonyl (C=O) groups is 3. The number of hydrogen-bond acceptors (Lipinski definition) is 14. The fraction of sp³-hybridized carbons (Fsp3) is 0.488. The van der Waals surface area contributed by atoms with Crippen molar-refractivity contribution >= 4 is 48.0 Å². The number of carbonyl (C=O) groups excluding carboxylic acids is 3. The Hall–Kier alpha value is -3.48. The number of hydrogen-bond donors (Lipinski definition) is 1. The first-order chi connectivity index (χ1) is 26.9. The molecule has 3 heterocycles. The van der Waals surface area contributed by atoms with Crippen molar-refractivity contribution in [2.24, 2.45) is 11.7 Å². The molecule has 0 aliphatic carbocycles. The third-order valence-electron chi connectivity index (χ3n) is 8.87. The van der Waals surface area contributed by atoms with Crippen molar-refractivity contribution < 1.29 is 76.9 Å². The first-order valence-electron chi connectivity index (χ1n) is 18.7. The predicted octanol–water partition coefficient (Wildman–Crippen LogP) is 3.06. The molecule has 0 spiro atoms. The van der Waals surface area contributed by atoms with Crippen LogP contribution in [0.3, 0.4) is 0 Å². The quantitative estimate of drug-likeness (QED) is 0.163. The Labute approximate surface area is 368 Å². The molecule has 0 amide bonds. The van der Waals surface area contributed by atoms with Crippen LogP contribution in [0.25, 0.3) is 11.0 Å². The minimum Gasteiger partial charge on any atom is -0.642 e. The average molecular weight is 830 g/mol. The van der Waals surface area contributed by atoms with Crippen molar-refractivity contribution in [3.63, 3.8) is 0 Å². The minimum atomic E-state index is -1.59. The number of nitrogens with two attached hydrogens (primary N) is 1. The molecular weight excluding hydrogens is 774 g/mol. The minimum absolute atomic E-state index is 0. The van der Waals surface area contributed by atoms with Gasteiger partial charge in [-0.05, 0) is 77.0 Å². The van der Waals surface area contributed by atoms with Crippen LogP contribution in [0.15, 0.2) is 73.2 Å². The van der Waals surface area contributed by atoms with E-state index in [4.69, 9.17) is 29.7 Å². The van der Waals surface area contributed by atoms with Crippen LogP contribution in [-0.2, 0) is 68.7 Å². The fourth-order valence-electron chi connectivity index (χ4n) is 6.58. The zero-order valence-corrected chi connectivity index (χ0v) is 38.1. The van der Waals surface area contributed by atoms with Crippen LogP contribution < -0.4 is 40.0 Å². The van der Waals surface area contributed by atoms with E-state index in [0.29, 0.717) is 38.8 Å². The number of thioether (sulfide) groups is 1. The van der Waals surface area contributed by atoms with Gasteiger partial charge in [0.2, 0.25) is 5.88 Å².